The van der Waals surface area contributed by atoms with Crippen LogP contribution in [0.15, 0.2) is 11.1 Å². The first-order valence-corrected chi connectivity index (χ1v) is 8.14. The van der Waals surface area contributed by atoms with E-state index >= 15 is 0 Å². The Morgan fingerprint density at radius 1 is 1.25 bits per heavy atom. The van der Waals surface area contributed by atoms with Gasteiger partial charge in [0.2, 0.25) is 5.91 Å². The van der Waals surface area contributed by atoms with Crippen molar-refractivity contribution in [3.05, 3.63) is 11.1 Å². The molecule has 1 aliphatic carbocycles. The molecule has 1 aliphatic heterocycles. The fraction of sp³-hybridized carbons (Fsp3) is 0.824. The quantitative estimate of drug-likeness (QED) is 0.776. The molecule has 0 radical (unpaired) electrons. The van der Waals surface area contributed by atoms with Crippen LogP contribution in [0.2, 0.25) is 0 Å². The zero-order valence-corrected chi connectivity index (χ0v) is 13.5. The molecule has 2 N–H and O–H groups in total. The summed E-state index contributed by atoms with van der Waals surface area (Å²) in [6.45, 7) is 10.8. The van der Waals surface area contributed by atoms with Crippen molar-refractivity contribution in [2.24, 2.45) is 11.3 Å². The molecule has 1 saturated carbocycles. The van der Waals surface area contributed by atoms with Gasteiger partial charge in [-0.05, 0) is 49.5 Å². The molecule has 0 atom stereocenters. The molecule has 3 heteroatoms. The molecule has 0 unspecified atom stereocenters. The Morgan fingerprint density at radius 3 is 2.30 bits per heavy atom. The average Bonchev–Trinajstić information content (AvgIpc) is 2.37. The maximum Gasteiger partial charge on any atom is 0.247 e. The first-order chi connectivity index (χ1) is 9.44. The van der Waals surface area contributed by atoms with Gasteiger partial charge < -0.3 is 10.6 Å². The van der Waals surface area contributed by atoms with Crippen LogP contribution in [0.5, 0.6) is 0 Å². The fourth-order valence-corrected chi connectivity index (χ4v) is 3.28. The monoisotopic (exact) mass is 278 g/mol. The SMILES string of the molecule is CCC(C)(C)C1CCC(NC(=O)C(C)=C2CNC2)CC1. The number of rotatable bonds is 4. The number of hydrogen-bond acceptors (Lipinski definition) is 2. The van der Waals surface area contributed by atoms with E-state index in [9.17, 15) is 4.79 Å². The molecule has 1 heterocycles. The normalized spacial score (nSPS) is 26.9. The van der Waals surface area contributed by atoms with Gasteiger partial charge >= 0.3 is 0 Å². The summed E-state index contributed by atoms with van der Waals surface area (Å²) in [6.07, 6.45) is 6.03. The highest BCUT2D eigenvalue weighted by Gasteiger charge is 2.32. The number of hydrogen-bond donors (Lipinski definition) is 2. The summed E-state index contributed by atoms with van der Waals surface area (Å²) in [5.74, 6) is 0.968. The summed E-state index contributed by atoms with van der Waals surface area (Å²) >= 11 is 0. The zero-order valence-electron chi connectivity index (χ0n) is 13.5. The maximum absolute atomic E-state index is 12.2. The van der Waals surface area contributed by atoms with Crippen LogP contribution in [0.1, 0.15) is 59.8 Å². The number of carbonyl (C=O) groups is 1. The summed E-state index contributed by atoms with van der Waals surface area (Å²) in [4.78, 5) is 12.2. The Balaban J connectivity index is 1.81. The second-order valence-electron chi connectivity index (χ2n) is 7.20. The third-order valence-electron chi connectivity index (χ3n) is 5.63. The number of nitrogens with one attached hydrogen (secondary N) is 2. The minimum absolute atomic E-state index is 0.153. The minimum atomic E-state index is 0.153. The van der Waals surface area contributed by atoms with Gasteiger partial charge in [0.25, 0.3) is 0 Å². The van der Waals surface area contributed by atoms with Gasteiger partial charge in [-0.1, -0.05) is 27.2 Å². The van der Waals surface area contributed by atoms with E-state index in [4.69, 9.17) is 0 Å². The fourth-order valence-electron chi connectivity index (χ4n) is 3.28. The Morgan fingerprint density at radius 2 is 1.85 bits per heavy atom. The van der Waals surface area contributed by atoms with Gasteiger partial charge in [0, 0.05) is 24.7 Å². The lowest BCUT2D eigenvalue weighted by molar-refractivity contribution is -0.118. The molecule has 114 valence electrons. The largest absolute Gasteiger partial charge is 0.350 e. The van der Waals surface area contributed by atoms with E-state index in [1.165, 1.54) is 24.8 Å². The first kappa shape index (κ1) is 15.6. The molecule has 0 bridgehead atoms. The summed E-state index contributed by atoms with van der Waals surface area (Å²) in [6, 6.07) is 0.384. The average molecular weight is 278 g/mol. The van der Waals surface area contributed by atoms with Crippen molar-refractivity contribution in [1.29, 1.82) is 0 Å². The molecule has 2 rings (SSSR count). The van der Waals surface area contributed by atoms with Gasteiger partial charge in [0.1, 0.15) is 0 Å². The predicted octanol–water partition coefficient (Wildman–Crippen LogP) is 3.02. The Hall–Kier alpha value is -0.830. The molecule has 0 aromatic carbocycles. The van der Waals surface area contributed by atoms with E-state index in [2.05, 4.69) is 31.4 Å². The Bertz CT molecular complexity index is 384. The minimum Gasteiger partial charge on any atom is -0.350 e. The highest BCUT2D eigenvalue weighted by atomic mass is 16.1. The van der Waals surface area contributed by atoms with Crippen molar-refractivity contribution in [1.82, 2.24) is 10.6 Å². The van der Waals surface area contributed by atoms with Crippen molar-refractivity contribution in [2.75, 3.05) is 13.1 Å². The predicted molar refractivity (Wildman–Crippen MR) is 83.5 cm³/mol. The van der Waals surface area contributed by atoms with Crippen molar-refractivity contribution in [3.8, 4) is 0 Å². The molecule has 1 saturated heterocycles. The van der Waals surface area contributed by atoms with E-state index < -0.39 is 0 Å². The molecule has 0 aromatic heterocycles. The van der Waals surface area contributed by atoms with E-state index in [1.807, 2.05) is 6.92 Å². The van der Waals surface area contributed by atoms with Crippen LogP contribution in [0.4, 0.5) is 0 Å². The molecular formula is C17H30N2O. The third kappa shape index (κ3) is 3.43. The van der Waals surface area contributed by atoms with Crippen LogP contribution in [-0.4, -0.2) is 25.0 Å². The lowest BCUT2D eigenvalue weighted by Gasteiger charge is -2.39. The second-order valence-corrected chi connectivity index (χ2v) is 7.20. The van der Waals surface area contributed by atoms with Gasteiger partial charge in [0.15, 0.2) is 0 Å². The van der Waals surface area contributed by atoms with Gasteiger partial charge in [-0.2, -0.15) is 0 Å². The Kier molecular flexibility index (Phi) is 4.90. The summed E-state index contributed by atoms with van der Waals surface area (Å²) < 4.78 is 0. The van der Waals surface area contributed by atoms with E-state index in [-0.39, 0.29) is 5.91 Å². The van der Waals surface area contributed by atoms with Crippen molar-refractivity contribution < 1.29 is 4.79 Å². The van der Waals surface area contributed by atoms with Crippen molar-refractivity contribution in [2.45, 2.75) is 65.8 Å². The van der Waals surface area contributed by atoms with Crippen molar-refractivity contribution in [3.63, 3.8) is 0 Å². The standard InChI is InChI=1S/C17H30N2O/c1-5-17(3,4)14-6-8-15(9-7-14)19-16(20)12(2)13-10-18-11-13/h14-15,18H,5-11H2,1-4H3,(H,19,20). The molecular weight excluding hydrogens is 248 g/mol. The lowest BCUT2D eigenvalue weighted by atomic mass is 9.69. The summed E-state index contributed by atoms with van der Waals surface area (Å²) in [7, 11) is 0. The lowest BCUT2D eigenvalue weighted by Crippen LogP contribution is -2.42. The summed E-state index contributed by atoms with van der Waals surface area (Å²) in [5, 5.41) is 6.42. The zero-order chi connectivity index (χ0) is 14.8. The van der Waals surface area contributed by atoms with Gasteiger partial charge in [0.05, 0.1) is 0 Å². The van der Waals surface area contributed by atoms with Crippen molar-refractivity contribution >= 4 is 5.91 Å². The van der Waals surface area contributed by atoms with Gasteiger partial charge in [-0.25, -0.2) is 0 Å². The number of carbonyl (C=O) groups excluding carboxylic acids is 1. The van der Waals surface area contributed by atoms with Gasteiger partial charge in [-0.3, -0.25) is 4.79 Å². The van der Waals surface area contributed by atoms with Crippen LogP contribution in [0.3, 0.4) is 0 Å². The topological polar surface area (TPSA) is 41.1 Å². The molecule has 2 fully saturated rings. The van der Waals surface area contributed by atoms with Gasteiger partial charge in [-0.15, -0.1) is 0 Å². The van der Waals surface area contributed by atoms with Crippen LogP contribution in [-0.2, 0) is 4.79 Å². The van der Waals surface area contributed by atoms with Crippen LogP contribution >= 0.6 is 0 Å². The molecule has 2 aliphatic rings. The molecule has 3 nitrogen and oxygen atoms in total. The highest BCUT2D eigenvalue weighted by molar-refractivity contribution is 5.94. The molecule has 0 spiro atoms. The van der Waals surface area contributed by atoms with E-state index in [1.54, 1.807) is 0 Å². The molecule has 0 aromatic rings. The highest BCUT2D eigenvalue weighted by Crippen LogP contribution is 2.40. The van der Waals surface area contributed by atoms with Crippen LogP contribution < -0.4 is 10.6 Å². The smallest absolute Gasteiger partial charge is 0.247 e. The van der Waals surface area contributed by atoms with Crippen LogP contribution in [0.25, 0.3) is 0 Å². The van der Waals surface area contributed by atoms with E-state index in [0.717, 1.165) is 37.4 Å². The Labute approximate surface area is 123 Å². The van der Waals surface area contributed by atoms with E-state index in [0.29, 0.717) is 11.5 Å². The third-order valence-corrected chi connectivity index (χ3v) is 5.63. The second kappa shape index (κ2) is 6.30. The first-order valence-electron chi connectivity index (χ1n) is 8.14. The van der Waals surface area contributed by atoms with Crippen LogP contribution in [0, 0.1) is 11.3 Å². The maximum atomic E-state index is 12.2. The molecule has 20 heavy (non-hydrogen) atoms. The molecule has 1 amide bonds. The number of amides is 1. The summed E-state index contributed by atoms with van der Waals surface area (Å²) in [5.41, 5.74) is 2.65.